The van der Waals surface area contributed by atoms with E-state index in [0.717, 1.165) is 6.54 Å². The molecule has 3 atom stereocenters. The van der Waals surface area contributed by atoms with Gasteiger partial charge in [-0.1, -0.05) is 0 Å². The zero-order chi connectivity index (χ0) is 10.8. The average molecular weight is 220 g/mol. The molecule has 3 heteroatoms. The maximum absolute atomic E-state index is 6.08. The SMILES string of the molecule is CC1CCC(CNC(C)(C)C(C)Cl)O1. The lowest BCUT2D eigenvalue weighted by atomic mass is 10.0. The first-order valence-corrected chi connectivity index (χ1v) is 5.90. The van der Waals surface area contributed by atoms with Gasteiger partial charge < -0.3 is 10.1 Å². The predicted octanol–water partition coefficient (Wildman–Crippen LogP) is 2.55. The Kier molecular flexibility index (Phi) is 4.23. The Labute approximate surface area is 92.3 Å². The predicted molar refractivity (Wildman–Crippen MR) is 61.0 cm³/mol. The second kappa shape index (κ2) is 4.82. The van der Waals surface area contributed by atoms with Crippen LogP contribution in [0.4, 0.5) is 0 Å². The third kappa shape index (κ3) is 3.41. The number of hydrogen-bond donors (Lipinski definition) is 1. The summed E-state index contributed by atoms with van der Waals surface area (Å²) in [6.45, 7) is 9.32. The van der Waals surface area contributed by atoms with E-state index in [4.69, 9.17) is 16.3 Å². The number of halogens is 1. The molecule has 1 fully saturated rings. The molecular weight excluding hydrogens is 198 g/mol. The molecule has 0 spiro atoms. The van der Waals surface area contributed by atoms with Gasteiger partial charge in [0.05, 0.1) is 12.2 Å². The lowest BCUT2D eigenvalue weighted by Gasteiger charge is -2.30. The van der Waals surface area contributed by atoms with Crippen molar-refractivity contribution in [2.24, 2.45) is 0 Å². The van der Waals surface area contributed by atoms with Crippen molar-refractivity contribution in [3.8, 4) is 0 Å². The molecular formula is C11H22ClNO. The first kappa shape index (κ1) is 12.3. The van der Waals surface area contributed by atoms with E-state index in [1.807, 2.05) is 6.92 Å². The first-order chi connectivity index (χ1) is 6.42. The van der Waals surface area contributed by atoms with Crippen molar-refractivity contribution in [2.45, 2.75) is 63.7 Å². The van der Waals surface area contributed by atoms with Gasteiger partial charge in [-0.15, -0.1) is 11.6 Å². The van der Waals surface area contributed by atoms with Crippen molar-refractivity contribution in [1.82, 2.24) is 5.32 Å². The quantitative estimate of drug-likeness (QED) is 0.734. The Bertz CT molecular complexity index is 182. The summed E-state index contributed by atoms with van der Waals surface area (Å²) < 4.78 is 5.73. The molecule has 0 radical (unpaired) electrons. The highest BCUT2D eigenvalue weighted by molar-refractivity contribution is 6.21. The van der Waals surface area contributed by atoms with Gasteiger partial charge in [0.2, 0.25) is 0 Å². The van der Waals surface area contributed by atoms with E-state index in [1.165, 1.54) is 12.8 Å². The Morgan fingerprint density at radius 3 is 2.57 bits per heavy atom. The normalized spacial score (nSPS) is 30.6. The van der Waals surface area contributed by atoms with Crippen LogP contribution in [0, 0.1) is 0 Å². The molecule has 1 N–H and O–H groups in total. The Morgan fingerprint density at radius 1 is 1.50 bits per heavy atom. The summed E-state index contributed by atoms with van der Waals surface area (Å²) in [7, 11) is 0. The number of alkyl halides is 1. The fourth-order valence-electron chi connectivity index (χ4n) is 1.55. The number of nitrogens with one attached hydrogen (secondary N) is 1. The van der Waals surface area contributed by atoms with Gasteiger partial charge in [-0.3, -0.25) is 0 Å². The van der Waals surface area contributed by atoms with Crippen LogP contribution in [-0.2, 0) is 4.74 Å². The molecule has 1 aliphatic heterocycles. The van der Waals surface area contributed by atoms with E-state index in [-0.39, 0.29) is 10.9 Å². The summed E-state index contributed by atoms with van der Waals surface area (Å²) in [5, 5.41) is 3.59. The minimum Gasteiger partial charge on any atom is -0.374 e. The van der Waals surface area contributed by atoms with E-state index >= 15 is 0 Å². The Morgan fingerprint density at radius 2 is 2.14 bits per heavy atom. The Balaban J connectivity index is 2.26. The first-order valence-electron chi connectivity index (χ1n) is 5.46. The largest absolute Gasteiger partial charge is 0.374 e. The van der Waals surface area contributed by atoms with Crippen LogP contribution in [0.25, 0.3) is 0 Å². The second-order valence-corrected chi connectivity index (χ2v) is 5.52. The highest BCUT2D eigenvalue weighted by atomic mass is 35.5. The molecule has 0 aromatic rings. The van der Waals surface area contributed by atoms with E-state index in [9.17, 15) is 0 Å². The minimum atomic E-state index is -0.0171. The molecule has 1 saturated heterocycles. The smallest absolute Gasteiger partial charge is 0.0704 e. The van der Waals surface area contributed by atoms with E-state index in [0.29, 0.717) is 12.2 Å². The molecule has 2 nitrogen and oxygen atoms in total. The van der Waals surface area contributed by atoms with Gasteiger partial charge >= 0.3 is 0 Å². The van der Waals surface area contributed by atoms with E-state index < -0.39 is 0 Å². The minimum absolute atomic E-state index is 0.0171. The third-order valence-corrected chi connectivity index (χ3v) is 3.65. The second-order valence-electron chi connectivity index (χ2n) is 4.86. The van der Waals surface area contributed by atoms with Gasteiger partial charge in [0.15, 0.2) is 0 Å². The molecule has 0 aromatic carbocycles. The molecule has 0 aromatic heterocycles. The molecule has 84 valence electrons. The van der Waals surface area contributed by atoms with Gasteiger partial charge in [0, 0.05) is 17.5 Å². The fourth-order valence-corrected chi connectivity index (χ4v) is 1.63. The summed E-state index contributed by atoms with van der Waals surface area (Å²) in [4.78, 5) is 0. The van der Waals surface area contributed by atoms with Crippen LogP contribution in [0.15, 0.2) is 0 Å². The third-order valence-electron chi connectivity index (χ3n) is 3.10. The summed E-state index contributed by atoms with van der Waals surface area (Å²) in [6, 6.07) is 0. The van der Waals surface area contributed by atoms with Crippen molar-refractivity contribution in [3.05, 3.63) is 0 Å². The lowest BCUT2D eigenvalue weighted by molar-refractivity contribution is 0.0517. The van der Waals surface area contributed by atoms with Crippen molar-refractivity contribution in [3.63, 3.8) is 0 Å². The average Bonchev–Trinajstić information content (AvgIpc) is 2.48. The molecule has 0 saturated carbocycles. The summed E-state index contributed by atoms with van der Waals surface area (Å²) in [5.74, 6) is 0. The van der Waals surface area contributed by atoms with Crippen molar-refractivity contribution in [1.29, 1.82) is 0 Å². The van der Waals surface area contributed by atoms with Crippen LogP contribution >= 0.6 is 11.6 Å². The lowest BCUT2D eigenvalue weighted by Crippen LogP contribution is -2.48. The highest BCUT2D eigenvalue weighted by Gasteiger charge is 2.27. The van der Waals surface area contributed by atoms with Crippen LogP contribution in [0.5, 0.6) is 0 Å². The van der Waals surface area contributed by atoms with Crippen molar-refractivity contribution in [2.75, 3.05) is 6.54 Å². The van der Waals surface area contributed by atoms with Crippen LogP contribution in [0.1, 0.15) is 40.5 Å². The van der Waals surface area contributed by atoms with Gasteiger partial charge in [0.1, 0.15) is 0 Å². The summed E-state index contributed by atoms with van der Waals surface area (Å²) in [5.41, 5.74) is -0.0171. The van der Waals surface area contributed by atoms with Gasteiger partial charge in [-0.05, 0) is 40.5 Å². The molecule has 1 heterocycles. The maximum atomic E-state index is 6.08. The summed E-state index contributed by atoms with van der Waals surface area (Å²) >= 11 is 6.08. The highest BCUT2D eigenvalue weighted by Crippen LogP contribution is 2.20. The standard InChI is InChI=1S/C11H22ClNO/c1-8-5-6-10(14-8)7-13-11(3,4)9(2)12/h8-10,13H,5-7H2,1-4H3. The molecule has 0 bridgehead atoms. The zero-order valence-electron chi connectivity index (χ0n) is 9.64. The monoisotopic (exact) mass is 219 g/mol. The topological polar surface area (TPSA) is 21.3 Å². The van der Waals surface area contributed by atoms with Crippen LogP contribution in [0.3, 0.4) is 0 Å². The number of rotatable bonds is 4. The van der Waals surface area contributed by atoms with Crippen LogP contribution in [0.2, 0.25) is 0 Å². The molecule has 1 aliphatic rings. The zero-order valence-corrected chi connectivity index (χ0v) is 10.4. The van der Waals surface area contributed by atoms with E-state index in [2.05, 4.69) is 26.1 Å². The number of ether oxygens (including phenoxy) is 1. The molecule has 1 rings (SSSR count). The van der Waals surface area contributed by atoms with Crippen molar-refractivity contribution >= 4 is 11.6 Å². The summed E-state index contributed by atoms with van der Waals surface area (Å²) in [6.07, 6.45) is 3.16. The molecule has 0 aliphatic carbocycles. The molecule has 0 amide bonds. The number of hydrogen-bond acceptors (Lipinski definition) is 2. The molecule has 14 heavy (non-hydrogen) atoms. The van der Waals surface area contributed by atoms with Crippen molar-refractivity contribution < 1.29 is 4.74 Å². The van der Waals surface area contributed by atoms with Gasteiger partial charge in [0.25, 0.3) is 0 Å². The van der Waals surface area contributed by atoms with Crippen LogP contribution < -0.4 is 5.32 Å². The van der Waals surface area contributed by atoms with Gasteiger partial charge in [-0.25, -0.2) is 0 Å². The molecule has 3 unspecified atom stereocenters. The maximum Gasteiger partial charge on any atom is 0.0704 e. The fraction of sp³-hybridized carbons (Fsp3) is 1.00. The van der Waals surface area contributed by atoms with Crippen LogP contribution in [-0.4, -0.2) is 29.7 Å². The Hall–Kier alpha value is 0.210. The van der Waals surface area contributed by atoms with Gasteiger partial charge in [-0.2, -0.15) is 0 Å². The van der Waals surface area contributed by atoms with E-state index in [1.54, 1.807) is 0 Å².